The summed E-state index contributed by atoms with van der Waals surface area (Å²) in [6.07, 6.45) is 0. The molecule has 1 fully saturated rings. The summed E-state index contributed by atoms with van der Waals surface area (Å²) < 4.78 is 44.7. The molecule has 3 rings (SSSR count). The molecule has 0 spiro atoms. The summed E-state index contributed by atoms with van der Waals surface area (Å²) in [7, 11) is -3.87. The SMILES string of the molecule is O=C(CNS(=O)(=O)c1ccc(F)cc1)c1ccc(N2CCOCC2)cc1. The van der Waals surface area contributed by atoms with Crippen molar-refractivity contribution in [3.8, 4) is 0 Å². The van der Waals surface area contributed by atoms with Gasteiger partial charge in [-0.2, -0.15) is 0 Å². The Labute approximate surface area is 151 Å². The molecular weight excluding hydrogens is 359 g/mol. The summed E-state index contributed by atoms with van der Waals surface area (Å²) in [6.45, 7) is 2.57. The number of Topliss-reactive ketones (excluding diaryl/α,β-unsaturated/α-hetero) is 1. The van der Waals surface area contributed by atoms with Gasteiger partial charge in [0.1, 0.15) is 5.82 Å². The molecule has 0 atom stereocenters. The summed E-state index contributed by atoms with van der Waals surface area (Å²) in [6, 6.07) is 11.5. The number of ether oxygens (including phenoxy) is 1. The first-order valence-electron chi connectivity index (χ1n) is 8.17. The van der Waals surface area contributed by atoms with Crippen LogP contribution in [0.4, 0.5) is 10.1 Å². The van der Waals surface area contributed by atoms with Gasteiger partial charge in [-0.05, 0) is 48.5 Å². The van der Waals surface area contributed by atoms with E-state index in [2.05, 4.69) is 9.62 Å². The Balaban J connectivity index is 1.61. The van der Waals surface area contributed by atoms with E-state index in [4.69, 9.17) is 4.74 Å². The smallest absolute Gasteiger partial charge is 0.240 e. The highest BCUT2D eigenvalue weighted by molar-refractivity contribution is 7.89. The Bertz CT molecular complexity index is 861. The van der Waals surface area contributed by atoms with E-state index in [1.807, 2.05) is 12.1 Å². The molecule has 0 amide bonds. The highest BCUT2D eigenvalue weighted by Crippen LogP contribution is 2.17. The molecule has 1 heterocycles. The fourth-order valence-corrected chi connectivity index (χ4v) is 3.62. The van der Waals surface area contributed by atoms with E-state index < -0.39 is 15.8 Å². The zero-order chi connectivity index (χ0) is 18.6. The normalized spacial score (nSPS) is 15.0. The van der Waals surface area contributed by atoms with Crippen molar-refractivity contribution in [3.05, 3.63) is 59.9 Å². The van der Waals surface area contributed by atoms with Crippen molar-refractivity contribution in [2.45, 2.75) is 4.90 Å². The second-order valence-corrected chi connectivity index (χ2v) is 7.61. The van der Waals surface area contributed by atoms with Crippen LogP contribution in [-0.4, -0.2) is 47.0 Å². The predicted octanol–water partition coefficient (Wildman–Crippen LogP) is 1.82. The summed E-state index contributed by atoms with van der Waals surface area (Å²) in [5.41, 5.74) is 1.42. The summed E-state index contributed by atoms with van der Waals surface area (Å²) in [5, 5.41) is 0. The molecule has 2 aromatic rings. The Morgan fingerprint density at radius 1 is 1.04 bits per heavy atom. The molecule has 2 aromatic carbocycles. The predicted molar refractivity (Wildman–Crippen MR) is 95.4 cm³/mol. The maximum atomic E-state index is 12.9. The summed E-state index contributed by atoms with van der Waals surface area (Å²) >= 11 is 0. The first kappa shape index (κ1) is 18.5. The lowest BCUT2D eigenvalue weighted by molar-refractivity contribution is 0.0997. The number of morpholine rings is 1. The second-order valence-electron chi connectivity index (χ2n) is 5.85. The number of anilines is 1. The zero-order valence-corrected chi connectivity index (χ0v) is 14.8. The molecule has 0 radical (unpaired) electrons. The average Bonchev–Trinajstić information content (AvgIpc) is 2.67. The Kier molecular flexibility index (Phi) is 5.65. The number of carbonyl (C=O) groups is 1. The summed E-state index contributed by atoms with van der Waals surface area (Å²) in [5.74, 6) is -0.871. The van der Waals surface area contributed by atoms with Crippen molar-refractivity contribution in [2.75, 3.05) is 37.7 Å². The van der Waals surface area contributed by atoms with Crippen LogP contribution in [0.2, 0.25) is 0 Å². The number of carbonyl (C=O) groups excluding carboxylic acids is 1. The first-order chi connectivity index (χ1) is 12.5. The molecule has 138 valence electrons. The zero-order valence-electron chi connectivity index (χ0n) is 14.0. The lowest BCUT2D eigenvalue weighted by atomic mass is 10.1. The molecule has 8 heteroatoms. The van der Waals surface area contributed by atoms with Crippen molar-refractivity contribution in [2.24, 2.45) is 0 Å². The third-order valence-corrected chi connectivity index (χ3v) is 5.53. The van der Waals surface area contributed by atoms with Crippen molar-refractivity contribution in [1.29, 1.82) is 0 Å². The lowest BCUT2D eigenvalue weighted by Crippen LogP contribution is -2.36. The van der Waals surface area contributed by atoms with E-state index in [9.17, 15) is 17.6 Å². The number of rotatable bonds is 6. The van der Waals surface area contributed by atoms with Crippen LogP contribution in [0.25, 0.3) is 0 Å². The highest BCUT2D eigenvalue weighted by atomic mass is 32.2. The lowest BCUT2D eigenvalue weighted by Gasteiger charge is -2.28. The monoisotopic (exact) mass is 378 g/mol. The molecule has 1 aliphatic rings. The van der Waals surface area contributed by atoms with Gasteiger partial charge in [0, 0.05) is 24.3 Å². The van der Waals surface area contributed by atoms with E-state index in [0.29, 0.717) is 18.8 Å². The molecule has 1 saturated heterocycles. The minimum Gasteiger partial charge on any atom is -0.378 e. The van der Waals surface area contributed by atoms with Gasteiger partial charge in [-0.3, -0.25) is 4.79 Å². The van der Waals surface area contributed by atoms with Gasteiger partial charge in [-0.25, -0.2) is 17.5 Å². The number of halogens is 1. The van der Waals surface area contributed by atoms with Crippen molar-refractivity contribution < 1.29 is 22.3 Å². The number of ketones is 1. The molecule has 6 nitrogen and oxygen atoms in total. The number of nitrogens with zero attached hydrogens (tertiary/aromatic N) is 1. The highest BCUT2D eigenvalue weighted by Gasteiger charge is 2.17. The molecule has 26 heavy (non-hydrogen) atoms. The molecule has 0 aliphatic carbocycles. The molecule has 1 N–H and O–H groups in total. The van der Waals surface area contributed by atoms with E-state index in [1.165, 1.54) is 0 Å². The van der Waals surface area contributed by atoms with E-state index in [0.717, 1.165) is 43.0 Å². The Morgan fingerprint density at radius 3 is 2.27 bits per heavy atom. The van der Waals surface area contributed by atoms with Gasteiger partial charge in [-0.15, -0.1) is 0 Å². The molecule has 0 aromatic heterocycles. The van der Waals surface area contributed by atoms with E-state index >= 15 is 0 Å². The maximum absolute atomic E-state index is 12.9. The standard InChI is InChI=1S/C18H19FN2O4S/c19-15-3-7-17(8-4-15)26(23,24)20-13-18(22)14-1-5-16(6-2-14)21-9-11-25-12-10-21/h1-8,20H,9-13H2. The van der Waals surface area contributed by atoms with Crippen LogP contribution in [0.5, 0.6) is 0 Å². The number of nitrogens with one attached hydrogen (secondary N) is 1. The summed E-state index contributed by atoms with van der Waals surface area (Å²) in [4.78, 5) is 14.3. The fraction of sp³-hybridized carbons (Fsp3) is 0.278. The molecule has 0 bridgehead atoms. The maximum Gasteiger partial charge on any atom is 0.240 e. The van der Waals surface area contributed by atoms with Gasteiger partial charge in [0.25, 0.3) is 0 Å². The number of sulfonamides is 1. The molecule has 0 unspecified atom stereocenters. The van der Waals surface area contributed by atoms with Gasteiger partial charge < -0.3 is 9.64 Å². The number of hydrogen-bond donors (Lipinski definition) is 1. The van der Waals surface area contributed by atoms with Crippen LogP contribution in [0.3, 0.4) is 0 Å². The molecule has 0 saturated carbocycles. The molecule has 1 aliphatic heterocycles. The van der Waals surface area contributed by atoms with Crippen molar-refractivity contribution >= 4 is 21.5 Å². The van der Waals surface area contributed by atoms with Crippen molar-refractivity contribution in [3.63, 3.8) is 0 Å². The largest absolute Gasteiger partial charge is 0.378 e. The number of benzene rings is 2. The fourth-order valence-electron chi connectivity index (χ4n) is 2.64. The van der Waals surface area contributed by atoms with Crippen LogP contribution in [0, 0.1) is 5.82 Å². The van der Waals surface area contributed by atoms with Gasteiger partial charge in [0.2, 0.25) is 10.0 Å². The van der Waals surface area contributed by atoms with Crippen LogP contribution in [-0.2, 0) is 14.8 Å². The number of hydrogen-bond acceptors (Lipinski definition) is 5. The Morgan fingerprint density at radius 2 is 1.65 bits per heavy atom. The second kappa shape index (κ2) is 7.94. The van der Waals surface area contributed by atoms with Crippen LogP contribution in [0.15, 0.2) is 53.4 Å². The quantitative estimate of drug-likeness (QED) is 0.776. The Hall–Kier alpha value is -2.29. The third kappa shape index (κ3) is 4.46. The van der Waals surface area contributed by atoms with Crippen LogP contribution in [0.1, 0.15) is 10.4 Å². The van der Waals surface area contributed by atoms with Crippen LogP contribution < -0.4 is 9.62 Å². The van der Waals surface area contributed by atoms with Gasteiger partial charge in [-0.1, -0.05) is 0 Å². The van der Waals surface area contributed by atoms with E-state index in [1.54, 1.807) is 12.1 Å². The van der Waals surface area contributed by atoms with E-state index in [-0.39, 0.29) is 17.2 Å². The minimum atomic E-state index is -3.87. The third-order valence-electron chi connectivity index (χ3n) is 4.11. The van der Waals surface area contributed by atoms with Gasteiger partial charge in [0.05, 0.1) is 24.7 Å². The van der Waals surface area contributed by atoms with Gasteiger partial charge >= 0.3 is 0 Å². The average molecular weight is 378 g/mol. The first-order valence-corrected chi connectivity index (χ1v) is 9.65. The minimum absolute atomic E-state index is 0.0886. The van der Waals surface area contributed by atoms with Gasteiger partial charge in [0.15, 0.2) is 5.78 Å². The molecular formula is C18H19FN2O4S. The van der Waals surface area contributed by atoms with Crippen LogP contribution >= 0.6 is 0 Å². The topological polar surface area (TPSA) is 75.7 Å². The van der Waals surface area contributed by atoms with Crippen molar-refractivity contribution in [1.82, 2.24) is 4.72 Å².